The van der Waals surface area contributed by atoms with E-state index in [0.29, 0.717) is 41.1 Å². The summed E-state index contributed by atoms with van der Waals surface area (Å²) in [7, 11) is 1.65. The molecule has 0 heterocycles. The van der Waals surface area contributed by atoms with Crippen molar-refractivity contribution in [3.8, 4) is 0 Å². The molecule has 2 aliphatic carbocycles. The summed E-state index contributed by atoms with van der Waals surface area (Å²) in [5.41, 5.74) is 0.713. The number of allylic oxidation sites excluding steroid dienone is 5. The number of carbonyl (C=O) groups excluding carboxylic acids is 1. The molecule has 0 spiro atoms. The minimum Gasteiger partial charge on any atom is -0.393 e. The molecule has 0 saturated heterocycles. The van der Waals surface area contributed by atoms with Crippen LogP contribution in [0.15, 0.2) is 36.0 Å². The zero-order chi connectivity index (χ0) is 17.1. The summed E-state index contributed by atoms with van der Waals surface area (Å²) in [5, 5.41) is 13.1. The second-order valence-electron chi connectivity index (χ2n) is 7.44. The standard InChI is InChI=1S/C20H31NO2/c1-12-9-10-16-11-14(3)19(22)15(4)18(16)17(12)8-6-7-13(2)20(23)21-5/h6-10,12,14-19,22H,11H2,1-5H3,(H,21,23)/b8-6+,13-7+/t12-,14-,15+,16+,17+,18-,19+/m1/s1. The maximum atomic E-state index is 11.6. The number of likely N-dealkylation sites (N-methyl/N-ethyl adjacent to an activating group) is 1. The molecule has 3 nitrogen and oxygen atoms in total. The Morgan fingerprint density at radius 3 is 2.61 bits per heavy atom. The first-order valence-corrected chi connectivity index (χ1v) is 8.80. The van der Waals surface area contributed by atoms with Gasteiger partial charge in [-0.15, -0.1) is 0 Å². The van der Waals surface area contributed by atoms with Crippen LogP contribution in [0.25, 0.3) is 0 Å². The van der Waals surface area contributed by atoms with Crippen molar-refractivity contribution >= 4 is 5.91 Å². The van der Waals surface area contributed by atoms with Crippen molar-refractivity contribution in [1.82, 2.24) is 5.32 Å². The lowest BCUT2D eigenvalue weighted by Gasteiger charge is -2.48. The number of amides is 1. The monoisotopic (exact) mass is 317 g/mol. The second-order valence-corrected chi connectivity index (χ2v) is 7.44. The van der Waals surface area contributed by atoms with Gasteiger partial charge in [-0.1, -0.05) is 51.2 Å². The zero-order valence-electron chi connectivity index (χ0n) is 15.0. The minimum atomic E-state index is -0.214. The van der Waals surface area contributed by atoms with Crippen molar-refractivity contribution in [2.45, 2.75) is 40.2 Å². The van der Waals surface area contributed by atoms with E-state index in [4.69, 9.17) is 0 Å². The van der Waals surface area contributed by atoms with Crippen LogP contribution in [0, 0.1) is 35.5 Å². The molecule has 128 valence electrons. The molecule has 2 rings (SSSR count). The van der Waals surface area contributed by atoms with Gasteiger partial charge in [-0.05, 0) is 48.9 Å². The van der Waals surface area contributed by atoms with Gasteiger partial charge < -0.3 is 10.4 Å². The van der Waals surface area contributed by atoms with Gasteiger partial charge in [0.05, 0.1) is 6.10 Å². The van der Waals surface area contributed by atoms with E-state index < -0.39 is 0 Å². The highest BCUT2D eigenvalue weighted by molar-refractivity contribution is 5.92. The Balaban J connectivity index is 2.19. The highest BCUT2D eigenvalue weighted by Crippen LogP contribution is 2.48. The third kappa shape index (κ3) is 3.77. The Labute approximate surface area is 140 Å². The molecule has 1 saturated carbocycles. The van der Waals surface area contributed by atoms with Crippen LogP contribution in [0.5, 0.6) is 0 Å². The minimum absolute atomic E-state index is 0.0422. The number of nitrogens with one attached hydrogen (secondary N) is 1. The van der Waals surface area contributed by atoms with Crippen LogP contribution >= 0.6 is 0 Å². The van der Waals surface area contributed by atoms with Crippen LogP contribution in [-0.2, 0) is 4.79 Å². The van der Waals surface area contributed by atoms with Crippen molar-refractivity contribution in [2.75, 3.05) is 7.05 Å². The normalized spacial score (nSPS) is 41.0. The van der Waals surface area contributed by atoms with Crippen molar-refractivity contribution < 1.29 is 9.90 Å². The van der Waals surface area contributed by atoms with Crippen LogP contribution in [0.4, 0.5) is 0 Å². The summed E-state index contributed by atoms with van der Waals surface area (Å²) in [5.74, 6) is 2.53. The van der Waals surface area contributed by atoms with E-state index in [-0.39, 0.29) is 12.0 Å². The smallest absolute Gasteiger partial charge is 0.246 e. The molecule has 2 aliphatic rings. The first-order chi connectivity index (χ1) is 10.9. The molecule has 0 radical (unpaired) electrons. The van der Waals surface area contributed by atoms with E-state index in [2.05, 4.69) is 44.3 Å². The van der Waals surface area contributed by atoms with Crippen molar-refractivity contribution in [3.05, 3.63) is 36.0 Å². The van der Waals surface area contributed by atoms with Crippen LogP contribution in [0.3, 0.4) is 0 Å². The Morgan fingerprint density at radius 2 is 1.96 bits per heavy atom. The van der Waals surface area contributed by atoms with Gasteiger partial charge >= 0.3 is 0 Å². The molecule has 2 N–H and O–H groups in total. The Kier molecular flexibility index (Phi) is 5.85. The van der Waals surface area contributed by atoms with Gasteiger partial charge in [0.2, 0.25) is 5.91 Å². The lowest BCUT2D eigenvalue weighted by Crippen LogP contribution is -2.46. The maximum Gasteiger partial charge on any atom is 0.246 e. The fourth-order valence-electron chi connectivity index (χ4n) is 4.41. The molecule has 1 fully saturated rings. The van der Waals surface area contributed by atoms with Gasteiger partial charge in [-0.3, -0.25) is 4.79 Å². The summed E-state index contributed by atoms with van der Waals surface area (Å²) < 4.78 is 0. The molecule has 0 aliphatic heterocycles. The Hall–Kier alpha value is -1.35. The molecule has 1 amide bonds. The Morgan fingerprint density at radius 1 is 1.26 bits per heavy atom. The van der Waals surface area contributed by atoms with Gasteiger partial charge in [0.1, 0.15) is 0 Å². The van der Waals surface area contributed by atoms with Gasteiger partial charge in [-0.25, -0.2) is 0 Å². The fourth-order valence-corrected chi connectivity index (χ4v) is 4.41. The molecule has 3 heteroatoms. The van der Waals surface area contributed by atoms with E-state index >= 15 is 0 Å². The average molecular weight is 317 g/mol. The number of carbonyl (C=O) groups is 1. The van der Waals surface area contributed by atoms with Crippen LogP contribution in [0.1, 0.15) is 34.1 Å². The van der Waals surface area contributed by atoms with E-state index in [0.717, 1.165) is 6.42 Å². The van der Waals surface area contributed by atoms with Crippen molar-refractivity contribution in [1.29, 1.82) is 0 Å². The quantitative estimate of drug-likeness (QED) is 0.476. The number of aliphatic hydroxyl groups is 1. The first-order valence-electron chi connectivity index (χ1n) is 8.80. The summed E-state index contributed by atoms with van der Waals surface area (Å²) in [4.78, 5) is 11.6. The van der Waals surface area contributed by atoms with Crippen molar-refractivity contribution in [2.24, 2.45) is 35.5 Å². The largest absolute Gasteiger partial charge is 0.393 e. The average Bonchev–Trinajstić information content (AvgIpc) is 2.54. The topological polar surface area (TPSA) is 49.3 Å². The molecular formula is C20H31NO2. The summed E-state index contributed by atoms with van der Waals surface area (Å²) in [6.45, 7) is 8.42. The molecule has 7 atom stereocenters. The molecule has 0 unspecified atom stereocenters. The molecular weight excluding hydrogens is 286 g/mol. The van der Waals surface area contributed by atoms with E-state index in [1.54, 1.807) is 7.05 Å². The van der Waals surface area contributed by atoms with Crippen molar-refractivity contribution in [3.63, 3.8) is 0 Å². The molecule has 23 heavy (non-hydrogen) atoms. The predicted molar refractivity (Wildman–Crippen MR) is 94.7 cm³/mol. The summed E-state index contributed by atoms with van der Waals surface area (Å²) >= 11 is 0. The van der Waals surface area contributed by atoms with Gasteiger partial charge in [-0.2, -0.15) is 0 Å². The van der Waals surface area contributed by atoms with Crippen LogP contribution in [0.2, 0.25) is 0 Å². The van der Waals surface area contributed by atoms with Gasteiger partial charge in [0.15, 0.2) is 0 Å². The third-order valence-electron chi connectivity index (χ3n) is 5.85. The van der Waals surface area contributed by atoms with Crippen LogP contribution < -0.4 is 5.32 Å². The Bertz CT molecular complexity index is 520. The SMILES string of the molecule is CNC(=O)/C(C)=C/C=C/[C@@H]1[C@@H]2[C@H](C)[C@@H](O)[C@H](C)C[C@@H]2C=C[C@H]1C. The van der Waals surface area contributed by atoms with Crippen LogP contribution in [-0.4, -0.2) is 24.2 Å². The fraction of sp³-hybridized carbons (Fsp3) is 0.650. The number of fused-ring (bicyclic) bond motifs is 1. The highest BCUT2D eigenvalue weighted by atomic mass is 16.3. The predicted octanol–water partition coefficient (Wildman–Crippen LogP) is 3.33. The number of hydrogen-bond acceptors (Lipinski definition) is 2. The van der Waals surface area contributed by atoms with E-state index in [9.17, 15) is 9.90 Å². The summed E-state index contributed by atoms with van der Waals surface area (Å²) in [6.07, 6.45) is 11.7. The molecule has 0 aromatic rings. The summed E-state index contributed by atoms with van der Waals surface area (Å²) in [6, 6.07) is 0. The second kappa shape index (κ2) is 7.48. The van der Waals surface area contributed by atoms with Gasteiger partial charge in [0, 0.05) is 12.6 Å². The molecule has 0 aromatic heterocycles. The van der Waals surface area contributed by atoms with E-state index in [1.807, 2.05) is 19.1 Å². The maximum absolute atomic E-state index is 11.6. The lowest BCUT2D eigenvalue weighted by atomic mass is 9.58. The first kappa shape index (κ1) is 18.0. The molecule has 0 bridgehead atoms. The lowest BCUT2D eigenvalue weighted by molar-refractivity contribution is -0.116. The highest BCUT2D eigenvalue weighted by Gasteiger charge is 2.44. The number of aliphatic hydroxyl groups excluding tert-OH is 1. The molecule has 0 aromatic carbocycles. The van der Waals surface area contributed by atoms with E-state index in [1.165, 1.54) is 0 Å². The number of hydrogen-bond donors (Lipinski definition) is 2. The van der Waals surface area contributed by atoms with Gasteiger partial charge in [0.25, 0.3) is 0 Å². The zero-order valence-corrected chi connectivity index (χ0v) is 15.0. The number of rotatable bonds is 3. The third-order valence-corrected chi connectivity index (χ3v) is 5.85.